The van der Waals surface area contributed by atoms with Crippen molar-refractivity contribution in [3.8, 4) is 34.1 Å². The number of ether oxygens (including phenoxy) is 2. The summed E-state index contributed by atoms with van der Waals surface area (Å²) in [5.74, 6) is 0.468. The molecule has 0 unspecified atom stereocenters. The van der Waals surface area contributed by atoms with E-state index in [2.05, 4.69) is 123 Å². The second kappa shape index (κ2) is 15.2. The fourth-order valence-corrected chi connectivity index (χ4v) is 8.34. The summed E-state index contributed by atoms with van der Waals surface area (Å²) in [4.78, 5) is 0. The van der Waals surface area contributed by atoms with Gasteiger partial charge in [0.1, 0.15) is 28.9 Å². The van der Waals surface area contributed by atoms with Crippen molar-refractivity contribution < 1.29 is 23.4 Å². The zero-order valence-corrected chi connectivity index (χ0v) is 36.3. The van der Waals surface area contributed by atoms with Crippen LogP contribution in [0.1, 0.15) is 117 Å². The first-order chi connectivity index (χ1) is 26.4. The van der Waals surface area contributed by atoms with Crippen LogP contribution in [0.15, 0.2) is 78.9 Å². The van der Waals surface area contributed by atoms with Crippen LogP contribution in [0, 0.1) is 30.9 Å². The highest BCUT2D eigenvalue weighted by molar-refractivity contribution is 6.10. The monoisotopic (exact) mass is 773 g/mol. The third-order valence-electron chi connectivity index (χ3n) is 11.0. The molecule has 0 spiro atoms. The summed E-state index contributed by atoms with van der Waals surface area (Å²) < 4.78 is 43.9. The lowest BCUT2D eigenvalue weighted by Gasteiger charge is -2.34. The van der Waals surface area contributed by atoms with Crippen molar-refractivity contribution in [3.05, 3.63) is 118 Å². The number of fused-ring (bicyclic) bond motifs is 3. The first-order valence-corrected chi connectivity index (χ1v) is 20.2. The molecular formula is C51H61F2NO3. The van der Waals surface area contributed by atoms with E-state index in [1.807, 2.05) is 19.9 Å². The van der Waals surface area contributed by atoms with Gasteiger partial charge in [0.2, 0.25) is 0 Å². The number of hydrogen-bond donors (Lipinski definition) is 1. The van der Waals surface area contributed by atoms with Crippen LogP contribution < -0.4 is 9.47 Å². The van der Waals surface area contributed by atoms with E-state index in [0.29, 0.717) is 53.5 Å². The predicted octanol–water partition coefficient (Wildman–Crippen LogP) is 14.2. The molecule has 57 heavy (non-hydrogen) atoms. The molecule has 0 bridgehead atoms. The van der Waals surface area contributed by atoms with E-state index in [1.165, 1.54) is 35.4 Å². The SMILES string of the molecule is Cc1cc(F)ccc1OCCCOc1c(C)cc(F)cc1-c1cc(C(C)(C)CC(C)(C)C)cc(-n2c3cc(C(C)(C)C)ccc3c3ccc(C(C)(C)C)cc32)c1O. The van der Waals surface area contributed by atoms with Crippen molar-refractivity contribution in [2.75, 3.05) is 13.2 Å². The van der Waals surface area contributed by atoms with Gasteiger partial charge in [-0.05, 0) is 124 Å². The smallest absolute Gasteiger partial charge is 0.147 e. The lowest BCUT2D eigenvalue weighted by Crippen LogP contribution is -2.25. The number of aryl methyl sites for hydroxylation is 2. The molecule has 4 nitrogen and oxygen atoms in total. The van der Waals surface area contributed by atoms with Crippen LogP contribution in [-0.4, -0.2) is 22.9 Å². The first kappa shape index (κ1) is 41.8. The number of rotatable bonds is 10. The molecule has 0 aliphatic carbocycles. The van der Waals surface area contributed by atoms with Gasteiger partial charge in [-0.3, -0.25) is 0 Å². The van der Waals surface area contributed by atoms with Crippen molar-refractivity contribution in [2.45, 2.75) is 119 Å². The Hall–Kier alpha value is -4.84. The van der Waals surface area contributed by atoms with Crippen LogP contribution in [0.3, 0.4) is 0 Å². The van der Waals surface area contributed by atoms with E-state index in [4.69, 9.17) is 9.47 Å². The first-order valence-electron chi connectivity index (χ1n) is 20.2. The van der Waals surface area contributed by atoms with Gasteiger partial charge >= 0.3 is 0 Å². The van der Waals surface area contributed by atoms with Crippen molar-refractivity contribution >= 4 is 21.8 Å². The van der Waals surface area contributed by atoms with Gasteiger partial charge in [-0.25, -0.2) is 8.78 Å². The maximum atomic E-state index is 15.6. The molecule has 0 radical (unpaired) electrons. The van der Waals surface area contributed by atoms with E-state index < -0.39 is 5.82 Å². The molecule has 1 aromatic heterocycles. The van der Waals surface area contributed by atoms with Gasteiger partial charge in [0.05, 0.1) is 29.9 Å². The van der Waals surface area contributed by atoms with Gasteiger partial charge in [-0.2, -0.15) is 0 Å². The topological polar surface area (TPSA) is 43.6 Å². The predicted molar refractivity (Wildman–Crippen MR) is 234 cm³/mol. The number of benzene rings is 5. The van der Waals surface area contributed by atoms with Crippen LogP contribution in [-0.2, 0) is 16.2 Å². The maximum absolute atomic E-state index is 15.6. The van der Waals surface area contributed by atoms with Gasteiger partial charge < -0.3 is 19.1 Å². The highest BCUT2D eigenvalue weighted by atomic mass is 19.1. The Morgan fingerprint density at radius 3 is 1.68 bits per heavy atom. The molecule has 5 aromatic carbocycles. The van der Waals surface area contributed by atoms with Gasteiger partial charge in [0.15, 0.2) is 0 Å². The summed E-state index contributed by atoms with van der Waals surface area (Å²) >= 11 is 0. The molecule has 0 saturated carbocycles. The van der Waals surface area contributed by atoms with Crippen molar-refractivity contribution in [1.82, 2.24) is 4.57 Å². The van der Waals surface area contributed by atoms with Crippen LogP contribution in [0.4, 0.5) is 8.78 Å². The molecular weight excluding hydrogens is 713 g/mol. The Kier molecular flexibility index (Phi) is 11.1. The Balaban J connectivity index is 1.57. The largest absolute Gasteiger partial charge is 0.505 e. The Morgan fingerprint density at radius 2 is 1.14 bits per heavy atom. The van der Waals surface area contributed by atoms with E-state index in [0.717, 1.165) is 39.4 Å². The van der Waals surface area contributed by atoms with Crippen LogP contribution in [0.25, 0.3) is 38.6 Å². The minimum Gasteiger partial charge on any atom is -0.505 e. The molecule has 1 N–H and O–H groups in total. The Bertz CT molecular complexity index is 2380. The zero-order chi connectivity index (χ0) is 41.8. The van der Waals surface area contributed by atoms with Crippen molar-refractivity contribution in [3.63, 3.8) is 0 Å². The second-order valence-electron chi connectivity index (χ2n) is 19.9. The minimum absolute atomic E-state index is 0.00994. The molecule has 0 aliphatic rings. The molecule has 0 saturated heterocycles. The molecule has 6 aromatic rings. The van der Waals surface area contributed by atoms with Crippen LogP contribution in [0.5, 0.6) is 17.2 Å². The number of aromatic hydroxyl groups is 1. The van der Waals surface area contributed by atoms with Crippen molar-refractivity contribution in [2.24, 2.45) is 5.41 Å². The Labute approximate surface area is 338 Å². The molecule has 302 valence electrons. The average molecular weight is 774 g/mol. The fraction of sp³-hybridized carbons (Fsp3) is 0.412. The Morgan fingerprint density at radius 1 is 0.579 bits per heavy atom. The standard InChI is InChI=1S/C51H61F2NO3/c1-31-23-36(52)17-20-45(31)56-21-14-22-57-47-32(2)24-37(53)29-41(47)40-25-35(51(12,13)30-48(3,4)5)28-44(46(40)55)54-42-26-33(49(6,7)8)15-18-38(42)39-19-16-34(27-43(39)54)50(9,10)11/h15-20,23-29,55H,14,21-22,30H2,1-13H3. The molecule has 1 heterocycles. The summed E-state index contributed by atoms with van der Waals surface area (Å²) in [6, 6.07) is 24.9. The quantitative estimate of drug-likeness (QED) is 0.141. The number of phenols is 1. The van der Waals surface area contributed by atoms with Crippen LogP contribution >= 0.6 is 0 Å². The molecule has 0 amide bonds. The lowest BCUT2D eigenvalue weighted by atomic mass is 9.71. The minimum atomic E-state index is -0.410. The van der Waals surface area contributed by atoms with Gasteiger partial charge in [0.25, 0.3) is 0 Å². The maximum Gasteiger partial charge on any atom is 0.147 e. The molecule has 0 fully saturated rings. The number of phenolic OH excluding ortho intramolecular Hbond substituents is 1. The normalized spacial score (nSPS) is 12.8. The summed E-state index contributed by atoms with van der Waals surface area (Å²) in [6.07, 6.45) is 1.41. The zero-order valence-electron chi connectivity index (χ0n) is 36.3. The lowest BCUT2D eigenvalue weighted by molar-refractivity contribution is 0.246. The van der Waals surface area contributed by atoms with E-state index in [-0.39, 0.29) is 33.2 Å². The summed E-state index contributed by atoms with van der Waals surface area (Å²) in [7, 11) is 0. The number of nitrogens with zero attached hydrogens (tertiary/aromatic N) is 1. The third kappa shape index (κ3) is 8.86. The molecule has 6 rings (SSSR count). The average Bonchev–Trinajstić information content (AvgIpc) is 3.41. The molecule has 0 atom stereocenters. The number of hydrogen-bond acceptors (Lipinski definition) is 3. The summed E-state index contributed by atoms with van der Waals surface area (Å²) in [5.41, 5.74) is 7.87. The van der Waals surface area contributed by atoms with E-state index in [9.17, 15) is 9.50 Å². The van der Waals surface area contributed by atoms with E-state index >= 15 is 4.39 Å². The second-order valence-corrected chi connectivity index (χ2v) is 19.9. The molecule has 6 heteroatoms. The third-order valence-corrected chi connectivity index (χ3v) is 11.0. The highest BCUT2D eigenvalue weighted by Gasteiger charge is 2.31. The van der Waals surface area contributed by atoms with E-state index in [1.54, 1.807) is 6.07 Å². The molecule has 0 aliphatic heterocycles. The number of aromatic nitrogens is 1. The summed E-state index contributed by atoms with van der Waals surface area (Å²) in [5, 5.41) is 15.0. The van der Waals surface area contributed by atoms with Gasteiger partial charge in [0, 0.05) is 28.3 Å². The van der Waals surface area contributed by atoms with Gasteiger partial charge in [-0.15, -0.1) is 0 Å². The van der Waals surface area contributed by atoms with Crippen molar-refractivity contribution in [1.29, 1.82) is 0 Å². The van der Waals surface area contributed by atoms with Gasteiger partial charge in [-0.1, -0.05) is 100 Å². The number of halogens is 2. The fourth-order valence-electron chi connectivity index (χ4n) is 8.34. The summed E-state index contributed by atoms with van der Waals surface area (Å²) in [6.45, 7) is 28.8. The highest BCUT2D eigenvalue weighted by Crippen LogP contribution is 2.48. The van der Waals surface area contributed by atoms with Crippen LogP contribution in [0.2, 0.25) is 0 Å².